The molecule has 0 aromatic carbocycles. The lowest BCUT2D eigenvalue weighted by Gasteiger charge is -2.44. The maximum atomic E-state index is 5.61. The molecule has 3 heteroatoms. The van der Waals surface area contributed by atoms with E-state index < -0.39 is 0 Å². The van der Waals surface area contributed by atoms with E-state index in [0.29, 0.717) is 18.4 Å². The molecule has 2 rings (SSSR count). The summed E-state index contributed by atoms with van der Waals surface area (Å²) in [4.78, 5) is 5.61. The highest BCUT2D eigenvalue weighted by Gasteiger charge is 2.38. The van der Waals surface area contributed by atoms with Crippen LogP contribution in [0.25, 0.3) is 0 Å². The van der Waals surface area contributed by atoms with Crippen LogP contribution < -0.4 is 5.48 Å². The van der Waals surface area contributed by atoms with Crippen LogP contribution in [-0.2, 0) is 9.57 Å². The van der Waals surface area contributed by atoms with Crippen molar-refractivity contribution >= 4 is 0 Å². The molecule has 1 N–H and O–H groups in total. The standard InChI is InChI=1S/C20H33NO2/c1-6-20(5)11-10-17(13-18(20)15(2)3)16(4)14-21-23-19-9-7-8-12-22-19/h6,17-19,21H,1-2,4,7-14H2,3,5H3/t17-,18+,19?,20-/m1/s1. The highest BCUT2D eigenvalue weighted by molar-refractivity contribution is 5.16. The lowest BCUT2D eigenvalue weighted by atomic mass is 9.61. The molecule has 1 saturated carbocycles. The van der Waals surface area contributed by atoms with Gasteiger partial charge in [0.2, 0.25) is 0 Å². The van der Waals surface area contributed by atoms with Crippen molar-refractivity contribution in [1.29, 1.82) is 0 Å². The summed E-state index contributed by atoms with van der Waals surface area (Å²) in [5.74, 6) is 1.01. The fourth-order valence-electron chi connectivity index (χ4n) is 3.89. The number of allylic oxidation sites excluding steroid dienone is 2. The van der Waals surface area contributed by atoms with Crippen molar-refractivity contribution in [2.45, 2.75) is 58.7 Å². The minimum absolute atomic E-state index is 0.102. The average Bonchev–Trinajstić information content (AvgIpc) is 2.55. The molecular formula is C20H33NO2. The predicted molar refractivity (Wildman–Crippen MR) is 95.8 cm³/mol. The first-order valence-electron chi connectivity index (χ1n) is 8.93. The lowest BCUT2D eigenvalue weighted by molar-refractivity contribution is -0.195. The fraction of sp³-hybridized carbons (Fsp3) is 0.700. The second-order valence-corrected chi connectivity index (χ2v) is 7.47. The van der Waals surface area contributed by atoms with Crippen LogP contribution in [0.3, 0.4) is 0 Å². The number of hydrogen-bond donors (Lipinski definition) is 1. The molecule has 1 aliphatic carbocycles. The van der Waals surface area contributed by atoms with Gasteiger partial charge < -0.3 is 4.74 Å². The van der Waals surface area contributed by atoms with E-state index in [4.69, 9.17) is 9.57 Å². The van der Waals surface area contributed by atoms with Crippen molar-refractivity contribution < 1.29 is 9.57 Å². The molecule has 0 bridgehead atoms. The monoisotopic (exact) mass is 319 g/mol. The summed E-state index contributed by atoms with van der Waals surface area (Å²) in [6.07, 6.45) is 8.71. The van der Waals surface area contributed by atoms with Gasteiger partial charge in [0.1, 0.15) is 0 Å². The Labute approximate surface area is 141 Å². The van der Waals surface area contributed by atoms with Crippen LogP contribution in [-0.4, -0.2) is 19.4 Å². The zero-order valence-electron chi connectivity index (χ0n) is 14.9. The molecule has 2 fully saturated rings. The number of hydrogen-bond acceptors (Lipinski definition) is 3. The van der Waals surface area contributed by atoms with Crippen LogP contribution in [0, 0.1) is 17.3 Å². The summed E-state index contributed by atoms with van der Waals surface area (Å²) in [6, 6.07) is 0. The molecule has 0 amide bonds. The first-order chi connectivity index (χ1) is 11.0. The van der Waals surface area contributed by atoms with Gasteiger partial charge in [-0.25, -0.2) is 0 Å². The molecule has 0 spiro atoms. The average molecular weight is 319 g/mol. The first-order valence-corrected chi connectivity index (χ1v) is 8.93. The van der Waals surface area contributed by atoms with Crippen LogP contribution in [0.4, 0.5) is 0 Å². The third-order valence-electron chi connectivity index (χ3n) is 5.64. The maximum Gasteiger partial charge on any atom is 0.177 e. The van der Waals surface area contributed by atoms with Crippen molar-refractivity contribution in [2.75, 3.05) is 13.2 Å². The molecule has 3 nitrogen and oxygen atoms in total. The zero-order valence-corrected chi connectivity index (χ0v) is 14.9. The van der Waals surface area contributed by atoms with E-state index in [1.54, 1.807) is 0 Å². The molecule has 4 atom stereocenters. The molecule has 1 aliphatic heterocycles. The van der Waals surface area contributed by atoms with E-state index in [1.165, 1.54) is 17.6 Å². The first kappa shape index (κ1) is 18.4. The van der Waals surface area contributed by atoms with Crippen molar-refractivity contribution in [3.8, 4) is 0 Å². The van der Waals surface area contributed by atoms with Gasteiger partial charge in [0.25, 0.3) is 0 Å². The Morgan fingerprint density at radius 1 is 1.35 bits per heavy atom. The van der Waals surface area contributed by atoms with Crippen molar-refractivity contribution in [1.82, 2.24) is 5.48 Å². The van der Waals surface area contributed by atoms with Gasteiger partial charge in [-0.1, -0.05) is 37.3 Å². The Morgan fingerprint density at radius 3 is 2.74 bits per heavy atom. The summed E-state index contributed by atoms with van der Waals surface area (Å²) in [7, 11) is 0. The summed E-state index contributed by atoms with van der Waals surface area (Å²) >= 11 is 0. The number of hydroxylamine groups is 1. The molecule has 0 aromatic rings. The Balaban J connectivity index is 1.80. The summed E-state index contributed by atoms with van der Waals surface area (Å²) in [5, 5.41) is 0. The Hall–Kier alpha value is -0.900. The van der Waals surface area contributed by atoms with Gasteiger partial charge in [0.15, 0.2) is 6.29 Å². The van der Waals surface area contributed by atoms with Crippen LogP contribution in [0.1, 0.15) is 52.4 Å². The molecule has 130 valence electrons. The van der Waals surface area contributed by atoms with E-state index in [1.807, 2.05) is 0 Å². The Kier molecular flexibility index (Phi) is 6.63. The summed E-state index contributed by atoms with van der Waals surface area (Å²) in [6.45, 7) is 18.5. The molecule has 2 aliphatic rings. The van der Waals surface area contributed by atoms with E-state index >= 15 is 0 Å². The molecule has 1 saturated heterocycles. The van der Waals surface area contributed by atoms with Crippen molar-refractivity contribution in [3.05, 3.63) is 37.0 Å². The van der Waals surface area contributed by atoms with Crippen molar-refractivity contribution in [3.63, 3.8) is 0 Å². The van der Waals surface area contributed by atoms with Crippen molar-refractivity contribution in [2.24, 2.45) is 17.3 Å². The predicted octanol–water partition coefficient (Wildman–Crippen LogP) is 4.78. The minimum Gasteiger partial charge on any atom is -0.351 e. The molecule has 0 radical (unpaired) electrons. The highest BCUT2D eigenvalue weighted by atomic mass is 16.8. The number of ether oxygens (including phenoxy) is 1. The Morgan fingerprint density at radius 2 is 2.13 bits per heavy atom. The summed E-state index contributed by atoms with van der Waals surface area (Å²) in [5.41, 5.74) is 5.71. The fourth-order valence-corrected chi connectivity index (χ4v) is 3.89. The number of rotatable bonds is 7. The molecule has 1 unspecified atom stereocenters. The number of nitrogens with one attached hydrogen (secondary N) is 1. The minimum atomic E-state index is -0.102. The Bertz CT molecular complexity index is 439. The highest BCUT2D eigenvalue weighted by Crippen LogP contribution is 2.48. The second kappa shape index (κ2) is 8.27. The van der Waals surface area contributed by atoms with Crippen LogP contribution in [0.5, 0.6) is 0 Å². The topological polar surface area (TPSA) is 30.5 Å². The second-order valence-electron chi connectivity index (χ2n) is 7.47. The SMILES string of the molecule is C=C[C@]1(C)CC[C@@H](C(=C)CNOC2CCCCO2)C[C@H]1C(=C)C. The van der Waals surface area contributed by atoms with Gasteiger partial charge in [-0.2, -0.15) is 5.48 Å². The molecular weight excluding hydrogens is 286 g/mol. The zero-order chi connectivity index (χ0) is 16.9. The quantitative estimate of drug-likeness (QED) is 0.541. The third-order valence-corrected chi connectivity index (χ3v) is 5.64. The molecule has 1 heterocycles. The van der Waals surface area contributed by atoms with E-state index in [9.17, 15) is 0 Å². The van der Waals surface area contributed by atoms with Crippen LogP contribution in [0.2, 0.25) is 0 Å². The molecule has 23 heavy (non-hydrogen) atoms. The van der Waals surface area contributed by atoms with E-state index in [2.05, 4.69) is 45.1 Å². The van der Waals surface area contributed by atoms with Gasteiger partial charge in [0, 0.05) is 19.6 Å². The maximum absolute atomic E-state index is 5.61. The van der Waals surface area contributed by atoms with Gasteiger partial charge in [-0.05, 0) is 56.3 Å². The largest absolute Gasteiger partial charge is 0.351 e. The third kappa shape index (κ3) is 4.79. The van der Waals surface area contributed by atoms with Crippen LogP contribution >= 0.6 is 0 Å². The molecule has 0 aromatic heterocycles. The van der Waals surface area contributed by atoms with Gasteiger partial charge >= 0.3 is 0 Å². The van der Waals surface area contributed by atoms with Crippen LogP contribution in [0.15, 0.2) is 37.0 Å². The van der Waals surface area contributed by atoms with Gasteiger partial charge in [-0.15, -0.1) is 6.58 Å². The lowest BCUT2D eigenvalue weighted by Crippen LogP contribution is -2.36. The van der Waals surface area contributed by atoms with Gasteiger partial charge in [0.05, 0.1) is 0 Å². The van der Waals surface area contributed by atoms with E-state index in [-0.39, 0.29) is 11.7 Å². The van der Waals surface area contributed by atoms with Gasteiger partial charge in [-0.3, -0.25) is 4.84 Å². The summed E-state index contributed by atoms with van der Waals surface area (Å²) < 4.78 is 5.56. The smallest absolute Gasteiger partial charge is 0.177 e. The van der Waals surface area contributed by atoms with E-state index in [0.717, 1.165) is 38.7 Å². The normalized spacial score (nSPS) is 34.8.